The van der Waals surface area contributed by atoms with E-state index in [1.54, 1.807) is 0 Å². The Balaban J connectivity index is 1.45. The van der Waals surface area contributed by atoms with Gasteiger partial charge in [0.05, 0.1) is 6.54 Å². The van der Waals surface area contributed by atoms with Gasteiger partial charge in [0.25, 0.3) is 0 Å². The number of carbonyl (C=O) groups excluding carboxylic acids is 1. The molecule has 1 aliphatic rings. The fourth-order valence-corrected chi connectivity index (χ4v) is 3.86. The van der Waals surface area contributed by atoms with Gasteiger partial charge in [0, 0.05) is 36.6 Å². The van der Waals surface area contributed by atoms with Gasteiger partial charge in [0.1, 0.15) is 0 Å². The Kier molecular flexibility index (Phi) is 8.74. The Morgan fingerprint density at radius 2 is 1.55 bits per heavy atom. The molecule has 0 bridgehead atoms. The number of hydrogen-bond acceptors (Lipinski definition) is 5. The molecule has 0 aliphatic carbocycles. The highest BCUT2D eigenvalue weighted by Gasteiger charge is 2.12. The summed E-state index contributed by atoms with van der Waals surface area (Å²) in [6, 6.07) is 16.4. The molecular formula is C25H36N4O2. The minimum atomic E-state index is -0.227. The third kappa shape index (κ3) is 7.56. The van der Waals surface area contributed by atoms with Crippen molar-refractivity contribution in [2.75, 3.05) is 43.9 Å². The van der Waals surface area contributed by atoms with Crippen LogP contribution in [0.4, 0.5) is 17.1 Å². The topological polar surface area (TPSA) is 59.1 Å². The lowest BCUT2D eigenvalue weighted by atomic mass is 10.1. The predicted molar refractivity (Wildman–Crippen MR) is 127 cm³/mol. The number of nitrogens with zero attached hydrogens (tertiary/aromatic N) is 3. The quantitative estimate of drug-likeness (QED) is 0.324. The summed E-state index contributed by atoms with van der Waals surface area (Å²) in [7, 11) is 4.03. The van der Waals surface area contributed by atoms with Crippen molar-refractivity contribution in [1.82, 2.24) is 9.96 Å². The molecule has 0 saturated carbocycles. The number of anilines is 3. The average molecular weight is 425 g/mol. The Morgan fingerprint density at radius 3 is 2.16 bits per heavy atom. The normalized spacial score (nSPS) is 14.0. The SMILES string of the molecule is CN(C)CCCCC(=O)N(O)Cc1ccc(Nc2ccc(N3CCCCC3)cc2)cc1. The number of nitrogens with one attached hydrogen (secondary N) is 1. The van der Waals surface area contributed by atoms with Gasteiger partial charge >= 0.3 is 0 Å². The van der Waals surface area contributed by atoms with Crippen LogP contribution < -0.4 is 10.2 Å². The molecule has 3 rings (SSSR count). The van der Waals surface area contributed by atoms with E-state index in [2.05, 4.69) is 39.4 Å². The van der Waals surface area contributed by atoms with Crippen LogP contribution in [0.15, 0.2) is 48.5 Å². The first-order chi connectivity index (χ1) is 15.0. The largest absolute Gasteiger partial charge is 0.372 e. The molecule has 0 aromatic heterocycles. The number of piperidine rings is 1. The number of rotatable bonds is 10. The van der Waals surface area contributed by atoms with Gasteiger partial charge in [-0.25, -0.2) is 5.06 Å². The van der Waals surface area contributed by atoms with Gasteiger partial charge in [0.2, 0.25) is 5.91 Å². The smallest absolute Gasteiger partial charge is 0.246 e. The van der Waals surface area contributed by atoms with Crippen LogP contribution in [0, 0.1) is 0 Å². The molecular weight excluding hydrogens is 388 g/mol. The standard InChI is InChI=1S/C25H36N4O2/c1-27(2)17-7-4-8-25(30)29(31)20-21-9-11-22(12-10-21)26-23-13-15-24(16-14-23)28-18-5-3-6-19-28/h9-16,26,31H,3-8,17-20H2,1-2H3. The van der Waals surface area contributed by atoms with Crippen molar-refractivity contribution >= 4 is 23.0 Å². The van der Waals surface area contributed by atoms with Gasteiger partial charge in [-0.1, -0.05) is 12.1 Å². The summed E-state index contributed by atoms with van der Waals surface area (Å²) in [4.78, 5) is 16.6. The molecule has 1 heterocycles. The lowest BCUT2D eigenvalue weighted by Crippen LogP contribution is -2.29. The van der Waals surface area contributed by atoms with Crippen LogP contribution in [0.1, 0.15) is 44.1 Å². The average Bonchev–Trinajstić information content (AvgIpc) is 2.79. The second kappa shape index (κ2) is 11.7. The van der Waals surface area contributed by atoms with Crippen LogP contribution in [0.3, 0.4) is 0 Å². The van der Waals surface area contributed by atoms with Crippen LogP contribution in [0.25, 0.3) is 0 Å². The molecule has 6 nitrogen and oxygen atoms in total. The zero-order valence-corrected chi connectivity index (χ0v) is 18.9. The molecule has 1 saturated heterocycles. The number of hydrogen-bond donors (Lipinski definition) is 2. The predicted octanol–water partition coefficient (Wildman–Crippen LogP) is 4.87. The Hall–Kier alpha value is -2.57. The molecule has 168 valence electrons. The summed E-state index contributed by atoms with van der Waals surface area (Å²) < 4.78 is 0. The molecule has 2 N–H and O–H groups in total. The number of hydroxylamine groups is 2. The fraction of sp³-hybridized carbons (Fsp3) is 0.480. The minimum Gasteiger partial charge on any atom is -0.372 e. The maximum Gasteiger partial charge on any atom is 0.246 e. The van der Waals surface area contributed by atoms with Crippen LogP contribution in [-0.2, 0) is 11.3 Å². The first-order valence-corrected chi connectivity index (χ1v) is 11.4. The van der Waals surface area contributed by atoms with Gasteiger partial charge in [-0.2, -0.15) is 0 Å². The van der Waals surface area contributed by atoms with E-state index in [-0.39, 0.29) is 12.5 Å². The number of benzene rings is 2. The van der Waals surface area contributed by atoms with Gasteiger partial charge in [-0.05, 0) is 94.7 Å². The maximum atomic E-state index is 12.1. The monoisotopic (exact) mass is 424 g/mol. The summed E-state index contributed by atoms with van der Waals surface area (Å²) >= 11 is 0. The Labute approximate surface area is 186 Å². The lowest BCUT2D eigenvalue weighted by Gasteiger charge is -2.28. The molecule has 0 spiro atoms. The number of amides is 1. The minimum absolute atomic E-state index is 0.206. The van der Waals surface area contributed by atoms with E-state index in [0.717, 1.165) is 54.5 Å². The van der Waals surface area contributed by atoms with Gasteiger partial charge in [-0.3, -0.25) is 10.0 Å². The van der Waals surface area contributed by atoms with E-state index in [0.29, 0.717) is 6.42 Å². The summed E-state index contributed by atoms with van der Waals surface area (Å²) in [6.07, 6.45) is 6.00. The highest BCUT2D eigenvalue weighted by atomic mass is 16.5. The summed E-state index contributed by atoms with van der Waals surface area (Å²) in [5.74, 6) is -0.227. The highest BCUT2D eigenvalue weighted by molar-refractivity contribution is 5.74. The van der Waals surface area contributed by atoms with Crippen molar-refractivity contribution in [3.63, 3.8) is 0 Å². The third-order valence-corrected chi connectivity index (χ3v) is 5.70. The van der Waals surface area contributed by atoms with E-state index in [1.807, 2.05) is 38.4 Å². The zero-order valence-electron chi connectivity index (χ0n) is 18.9. The fourth-order valence-electron chi connectivity index (χ4n) is 3.86. The molecule has 6 heteroatoms. The lowest BCUT2D eigenvalue weighted by molar-refractivity contribution is -0.168. The van der Waals surface area contributed by atoms with E-state index in [9.17, 15) is 10.0 Å². The Morgan fingerprint density at radius 1 is 0.935 bits per heavy atom. The van der Waals surface area contributed by atoms with Crippen LogP contribution >= 0.6 is 0 Å². The number of carbonyl (C=O) groups is 1. The van der Waals surface area contributed by atoms with Gasteiger partial charge < -0.3 is 15.1 Å². The summed E-state index contributed by atoms with van der Waals surface area (Å²) in [5, 5.41) is 14.3. The molecule has 0 atom stereocenters. The van der Waals surface area contributed by atoms with Crippen molar-refractivity contribution in [2.24, 2.45) is 0 Å². The molecule has 31 heavy (non-hydrogen) atoms. The first-order valence-electron chi connectivity index (χ1n) is 11.4. The second-order valence-electron chi connectivity index (χ2n) is 8.63. The van der Waals surface area contributed by atoms with Gasteiger partial charge in [0.15, 0.2) is 0 Å². The summed E-state index contributed by atoms with van der Waals surface area (Å²) in [5.41, 5.74) is 4.21. The van der Waals surface area contributed by atoms with E-state index < -0.39 is 0 Å². The van der Waals surface area contributed by atoms with Gasteiger partial charge in [-0.15, -0.1) is 0 Å². The Bertz CT molecular complexity index is 799. The van der Waals surface area contributed by atoms with E-state index >= 15 is 0 Å². The molecule has 0 radical (unpaired) electrons. The highest BCUT2D eigenvalue weighted by Crippen LogP contribution is 2.24. The van der Waals surface area contributed by atoms with Crippen molar-refractivity contribution in [1.29, 1.82) is 0 Å². The van der Waals surface area contributed by atoms with Crippen molar-refractivity contribution in [2.45, 2.75) is 45.1 Å². The first kappa shape index (κ1) is 23.1. The summed E-state index contributed by atoms with van der Waals surface area (Å²) in [6.45, 7) is 3.45. The number of unbranched alkanes of at least 4 members (excludes halogenated alkanes) is 1. The van der Waals surface area contributed by atoms with Crippen LogP contribution in [-0.4, -0.2) is 54.8 Å². The van der Waals surface area contributed by atoms with Crippen molar-refractivity contribution < 1.29 is 10.0 Å². The van der Waals surface area contributed by atoms with Crippen molar-refractivity contribution in [3.8, 4) is 0 Å². The molecule has 1 amide bonds. The van der Waals surface area contributed by atoms with E-state index in [1.165, 1.54) is 24.9 Å². The molecule has 1 aliphatic heterocycles. The molecule has 1 fully saturated rings. The van der Waals surface area contributed by atoms with E-state index in [4.69, 9.17) is 0 Å². The van der Waals surface area contributed by atoms with Crippen LogP contribution in [0.5, 0.6) is 0 Å². The second-order valence-corrected chi connectivity index (χ2v) is 8.63. The molecule has 2 aromatic carbocycles. The zero-order chi connectivity index (χ0) is 22.1. The molecule has 2 aromatic rings. The van der Waals surface area contributed by atoms with Crippen molar-refractivity contribution in [3.05, 3.63) is 54.1 Å². The molecule has 0 unspecified atom stereocenters. The third-order valence-electron chi connectivity index (χ3n) is 5.70. The maximum absolute atomic E-state index is 12.1. The van der Waals surface area contributed by atoms with Crippen LogP contribution in [0.2, 0.25) is 0 Å².